The normalized spacial score (nSPS) is 7.18. The van der Waals surface area contributed by atoms with Crippen LogP contribution < -0.4 is 10.6 Å². The summed E-state index contributed by atoms with van der Waals surface area (Å²) in [5.74, 6) is 0. The summed E-state index contributed by atoms with van der Waals surface area (Å²) in [6.07, 6.45) is 2.66. The second-order valence-corrected chi connectivity index (χ2v) is 4.24. The average Bonchev–Trinajstić information content (AvgIpc) is 2.18. The molecule has 0 heterocycles. The number of rotatable bonds is 6. The van der Waals surface area contributed by atoms with Gasteiger partial charge in [0.1, 0.15) is 8.64 Å². The van der Waals surface area contributed by atoms with Crippen LogP contribution in [0.3, 0.4) is 0 Å². The molecule has 0 aliphatic rings. The van der Waals surface area contributed by atoms with Gasteiger partial charge in [-0.25, -0.2) is 0 Å². The molecule has 0 aromatic rings. The van der Waals surface area contributed by atoms with E-state index in [2.05, 4.69) is 83.0 Å². The van der Waals surface area contributed by atoms with Gasteiger partial charge < -0.3 is 20.1 Å². The molecular weight excluding hydrogens is 350 g/mol. The Morgan fingerprint density at radius 1 is 1.00 bits per heavy atom. The van der Waals surface area contributed by atoms with Gasteiger partial charge in [0, 0.05) is 19.5 Å². The number of thiol groups is 2. The molecule has 9 heteroatoms. The maximum atomic E-state index is 4.66. The minimum Gasteiger partial charge on any atom is -0.482 e. The van der Waals surface area contributed by atoms with Gasteiger partial charge in [-0.3, -0.25) is 0 Å². The molecule has 0 amide bonds. The first-order valence-electron chi connectivity index (χ1n) is 3.93. The Morgan fingerprint density at radius 2 is 1.29 bits per heavy atom. The Bertz CT molecular complexity index is 218. The molecule has 0 saturated heterocycles. The summed E-state index contributed by atoms with van der Waals surface area (Å²) >= 11 is 16.6. The van der Waals surface area contributed by atoms with E-state index in [1.165, 1.54) is 12.5 Å². The minimum atomic E-state index is 0. The Hall–Kier alpha value is 0.183. The van der Waals surface area contributed by atoms with Crippen molar-refractivity contribution in [1.29, 1.82) is 0 Å². The Balaban J connectivity index is -0.000000218. The van der Waals surface area contributed by atoms with Gasteiger partial charge in [0.05, 0.1) is 12.5 Å². The van der Waals surface area contributed by atoms with Crippen molar-refractivity contribution in [2.75, 3.05) is 13.5 Å². The molecule has 17 heavy (non-hydrogen) atoms. The van der Waals surface area contributed by atoms with Crippen LogP contribution in [0.1, 0.15) is 0 Å². The molecule has 2 N–H and O–H groups in total. The molecule has 0 atom stereocenters. The fourth-order valence-electron chi connectivity index (χ4n) is 0.325. The second-order valence-electron chi connectivity index (χ2n) is 1.92. The van der Waals surface area contributed by atoms with E-state index in [4.69, 9.17) is 0 Å². The van der Waals surface area contributed by atoms with E-state index in [-0.39, 0.29) is 19.5 Å². The summed E-state index contributed by atoms with van der Waals surface area (Å²) in [7, 11) is 0. The standard InChI is InChI=1S/2C4H7NOS2.Zn/c2*1-2-6-3-5-4(7)8;/h2*2H,1,3H2,(H2,5,7,8);. The summed E-state index contributed by atoms with van der Waals surface area (Å²) in [4.78, 5) is 0. The molecule has 0 fully saturated rings. The van der Waals surface area contributed by atoms with Crippen molar-refractivity contribution in [2.45, 2.75) is 0 Å². The Morgan fingerprint density at radius 3 is 1.47 bits per heavy atom. The number of thiocarbonyl (C=S) groups is 2. The second kappa shape index (κ2) is 18.5. The van der Waals surface area contributed by atoms with Crippen molar-refractivity contribution in [2.24, 2.45) is 0 Å². The van der Waals surface area contributed by atoms with Gasteiger partial charge in [-0.2, -0.15) is 0 Å². The first-order chi connectivity index (χ1) is 7.54. The summed E-state index contributed by atoms with van der Waals surface area (Å²) in [5.41, 5.74) is 0. The maximum absolute atomic E-state index is 4.66. The largest absolute Gasteiger partial charge is 0.482 e. The molecule has 0 aromatic heterocycles. The third kappa shape index (κ3) is 31.4. The topological polar surface area (TPSA) is 42.5 Å². The number of hydrogen-bond donors (Lipinski definition) is 4. The Labute approximate surface area is 136 Å². The van der Waals surface area contributed by atoms with E-state index in [1.54, 1.807) is 0 Å². The van der Waals surface area contributed by atoms with Gasteiger partial charge >= 0.3 is 0 Å². The van der Waals surface area contributed by atoms with Gasteiger partial charge in [-0.15, -0.1) is 25.3 Å². The first kappa shape index (κ1) is 22.4. The third-order valence-corrected chi connectivity index (χ3v) is 1.45. The van der Waals surface area contributed by atoms with Crippen LogP contribution in [0.25, 0.3) is 0 Å². The molecule has 0 rings (SSSR count). The van der Waals surface area contributed by atoms with Crippen LogP contribution in [0.5, 0.6) is 0 Å². The van der Waals surface area contributed by atoms with Crippen molar-refractivity contribution in [3.05, 3.63) is 25.7 Å². The van der Waals surface area contributed by atoms with Crippen LogP contribution in [-0.2, 0) is 29.0 Å². The summed E-state index contributed by atoms with van der Waals surface area (Å²) in [6, 6.07) is 0. The predicted molar refractivity (Wildman–Crippen MR) is 81.7 cm³/mol. The van der Waals surface area contributed by atoms with Crippen molar-refractivity contribution in [3.8, 4) is 0 Å². The van der Waals surface area contributed by atoms with Crippen LogP contribution in [0.2, 0.25) is 0 Å². The molecule has 0 radical (unpaired) electrons. The Kier molecular flexibility index (Phi) is 24.4. The van der Waals surface area contributed by atoms with E-state index in [1.807, 2.05) is 0 Å². The zero-order valence-electron chi connectivity index (χ0n) is 9.22. The zero-order valence-corrected chi connectivity index (χ0v) is 15.6. The van der Waals surface area contributed by atoms with Gasteiger partial charge in [0.2, 0.25) is 0 Å². The predicted octanol–water partition coefficient (Wildman–Crippen LogP) is 1.81. The number of nitrogens with one attached hydrogen (secondary N) is 2. The molecule has 0 aromatic carbocycles. The average molecular weight is 364 g/mol. The fraction of sp³-hybridized carbons (Fsp3) is 0.250. The SMILES string of the molecule is C=COCNC(=S)S.C=COCNC(=S)S.[Zn]. The molecule has 0 unspecified atom stereocenters. The number of ether oxygens (including phenoxy) is 2. The third-order valence-electron chi connectivity index (χ3n) is 0.849. The summed E-state index contributed by atoms with van der Waals surface area (Å²) in [6.45, 7) is 7.33. The first-order valence-corrected chi connectivity index (χ1v) is 5.64. The molecule has 4 nitrogen and oxygen atoms in total. The minimum absolute atomic E-state index is 0. The van der Waals surface area contributed by atoms with Crippen molar-refractivity contribution >= 4 is 58.3 Å². The van der Waals surface area contributed by atoms with E-state index >= 15 is 0 Å². The molecule has 0 bridgehead atoms. The van der Waals surface area contributed by atoms with Gasteiger partial charge in [0.15, 0.2) is 13.5 Å². The maximum Gasteiger partial charge on any atom is 0.159 e. The van der Waals surface area contributed by atoms with Crippen LogP contribution in [-0.4, -0.2) is 22.1 Å². The molecule has 94 valence electrons. The molecular formula is C8H14N2O2S4Zn. The van der Waals surface area contributed by atoms with E-state index in [0.29, 0.717) is 22.1 Å². The molecule has 0 spiro atoms. The number of hydrogen-bond acceptors (Lipinski definition) is 4. The van der Waals surface area contributed by atoms with E-state index in [9.17, 15) is 0 Å². The van der Waals surface area contributed by atoms with Gasteiger partial charge in [-0.05, 0) is 0 Å². The van der Waals surface area contributed by atoms with Gasteiger partial charge in [-0.1, -0.05) is 37.6 Å². The van der Waals surface area contributed by atoms with Crippen LogP contribution >= 0.6 is 49.7 Å². The zero-order chi connectivity index (χ0) is 12.8. The van der Waals surface area contributed by atoms with Crippen LogP contribution in [0.4, 0.5) is 0 Å². The van der Waals surface area contributed by atoms with E-state index < -0.39 is 0 Å². The van der Waals surface area contributed by atoms with E-state index in [0.717, 1.165) is 0 Å². The van der Waals surface area contributed by atoms with Crippen molar-refractivity contribution < 1.29 is 29.0 Å². The van der Waals surface area contributed by atoms with Crippen LogP contribution in [0, 0.1) is 0 Å². The fourth-order valence-corrected chi connectivity index (χ4v) is 0.572. The molecule has 0 saturated carbocycles. The quantitative estimate of drug-likeness (QED) is 0.144. The van der Waals surface area contributed by atoms with Crippen molar-refractivity contribution in [1.82, 2.24) is 10.6 Å². The summed E-state index contributed by atoms with van der Waals surface area (Å²) < 4.78 is 10.2. The van der Waals surface area contributed by atoms with Crippen molar-refractivity contribution in [3.63, 3.8) is 0 Å². The smallest absolute Gasteiger partial charge is 0.159 e. The monoisotopic (exact) mass is 362 g/mol. The molecule has 0 aliphatic heterocycles. The molecule has 0 aliphatic carbocycles. The van der Waals surface area contributed by atoms with Gasteiger partial charge in [0.25, 0.3) is 0 Å². The van der Waals surface area contributed by atoms with Crippen LogP contribution in [0.15, 0.2) is 25.7 Å². The summed E-state index contributed by atoms with van der Waals surface area (Å²) in [5, 5.41) is 5.30.